The van der Waals surface area contributed by atoms with Gasteiger partial charge in [-0.15, -0.1) is 10.2 Å². The monoisotopic (exact) mass is 453 g/mol. The summed E-state index contributed by atoms with van der Waals surface area (Å²) in [5, 5.41) is 22.1. The van der Waals surface area contributed by atoms with Crippen molar-refractivity contribution in [2.45, 2.75) is 13.0 Å². The van der Waals surface area contributed by atoms with E-state index in [0.29, 0.717) is 42.1 Å². The number of anilines is 1. The maximum Gasteiger partial charge on any atom is 0.270 e. The number of carbonyl (C=O) groups excluding carboxylic acids is 1. The molecule has 3 aromatic carbocycles. The SMILES string of the molecule is C[C@@H]1CN(C(=O)c2ccccc2)CCN1c1nnc(-c2ccccc2)c2ccc([N+](=O)[O-])cc12. The molecule has 34 heavy (non-hydrogen) atoms. The Kier molecular flexibility index (Phi) is 5.63. The lowest BCUT2D eigenvalue weighted by Crippen LogP contribution is -2.54. The lowest BCUT2D eigenvalue weighted by Gasteiger charge is -2.40. The third-order valence-electron chi connectivity index (χ3n) is 6.21. The van der Waals surface area contributed by atoms with Gasteiger partial charge < -0.3 is 9.80 Å². The first-order valence-electron chi connectivity index (χ1n) is 11.1. The molecule has 2 heterocycles. The molecular formula is C26H23N5O3. The van der Waals surface area contributed by atoms with E-state index in [-0.39, 0.29) is 17.6 Å². The van der Waals surface area contributed by atoms with Crippen LogP contribution in [0.5, 0.6) is 0 Å². The van der Waals surface area contributed by atoms with Gasteiger partial charge in [-0.05, 0) is 25.1 Å². The Morgan fingerprint density at radius 3 is 2.32 bits per heavy atom. The average molecular weight is 454 g/mol. The Morgan fingerprint density at radius 2 is 1.65 bits per heavy atom. The number of nitro groups is 1. The fraction of sp³-hybridized carbons (Fsp3) is 0.192. The Labute approximate surface area is 196 Å². The second kappa shape index (κ2) is 8.90. The Morgan fingerprint density at radius 1 is 0.941 bits per heavy atom. The van der Waals surface area contributed by atoms with E-state index < -0.39 is 4.92 Å². The minimum atomic E-state index is -0.397. The number of hydrogen-bond acceptors (Lipinski definition) is 6. The molecule has 1 aliphatic rings. The summed E-state index contributed by atoms with van der Waals surface area (Å²) in [7, 11) is 0. The van der Waals surface area contributed by atoms with Crippen LogP contribution in [0.1, 0.15) is 17.3 Å². The van der Waals surface area contributed by atoms with Gasteiger partial charge in [-0.25, -0.2) is 0 Å². The lowest BCUT2D eigenvalue weighted by molar-refractivity contribution is -0.384. The number of rotatable bonds is 4. The first-order valence-corrected chi connectivity index (χ1v) is 11.1. The molecule has 170 valence electrons. The summed E-state index contributed by atoms with van der Waals surface area (Å²) in [5.41, 5.74) is 2.24. The number of hydrogen-bond donors (Lipinski definition) is 0. The van der Waals surface area contributed by atoms with Crippen LogP contribution in [0.15, 0.2) is 78.9 Å². The van der Waals surface area contributed by atoms with Crippen molar-refractivity contribution in [2.24, 2.45) is 0 Å². The topological polar surface area (TPSA) is 92.5 Å². The van der Waals surface area contributed by atoms with Crippen molar-refractivity contribution in [3.05, 3.63) is 94.5 Å². The van der Waals surface area contributed by atoms with Crippen LogP contribution in [0.4, 0.5) is 11.5 Å². The first kappa shape index (κ1) is 21.5. The van der Waals surface area contributed by atoms with Crippen LogP contribution < -0.4 is 4.90 Å². The van der Waals surface area contributed by atoms with E-state index in [1.807, 2.05) is 72.5 Å². The number of amides is 1. The molecule has 1 atom stereocenters. The van der Waals surface area contributed by atoms with E-state index in [2.05, 4.69) is 15.1 Å². The van der Waals surface area contributed by atoms with Crippen LogP contribution >= 0.6 is 0 Å². The summed E-state index contributed by atoms with van der Waals surface area (Å²) in [6, 6.07) is 23.7. The highest BCUT2D eigenvalue weighted by Gasteiger charge is 2.30. The van der Waals surface area contributed by atoms with Gasteiger partial charge in [0.2, 0.25) is 0 Å². The van der Waals surface area contributed by atoms with E-state index in [1.54, 1.807) is 12.1 Å². The van der Waals surface area contributed by atoms with Gasteiger partial charge in [0, 0.05) is 59.7 Å². The van der Waals surface area contributed by atoms with Crippen molar-refractivity contribution in [3.63, 3.8) is 0 Å². The number of carbonyl (C=O) groups is 1. The number of piperazine rings is 1. The number of benzene rings is 3. The number of nitro benzene ring substituents is 1. The number of fused-ring (bicyclic) bond motifs is 1. The molecule has 1 fully saturated rings. The highest BCUT2D eigenvalue weighted by Crippen LogP contribution is 2.35. The predicted octanol–water partition coefficient (Wildman–Crippen LogP) is 4.56. The molecule has 0 saturated carbocycles. The zero-order valence-corrected chi connectivity index (χ0v) is 18.7. The average Bonchev–Trinajstić information content (AvgIpc) is 2.88. The Hall–Kier alpha value is -4.33. The zero-order chi connectivity index (χ0) is 23.7. The Bertz CT molecular complexity index is 1360. The molecule has 8 nitrogen and oxygen atoms in total. The zero-order valence-electron chi connectivity index (χ0n) is 18.7. The number of aromatic nitrogens is 2. The fourth-order valence-corrected chi connectivity index (χ4v) is 4.48. The molecule has 1 aliphatic heterocycles. The quantitative estimate of drug-likeness (QED) is 0.332. The molecule has 1 amide bonds. The maximum absolute atomic E-state index is 12.9. The summed E-state index contributed by atoms with van der Waals surface area (Å²) < 4.78 is 0. The van der Waals surface area contributed by atoms with E-state index >= 15 is 0 Å². The van der Waals surface area contributed by atoms with Gasteiger partial charge in [0.05, 0.1) is 4.92 Å². The molecule has 0 N–H and O–H groups in total. The normalized spacial score (nSPS) is 16.0. The van der Waals surface area contributed by atoms with Crippen molar-refractivity contribution in [1.29, 1.82) is 0 Å². The van der Waals surface area contributed by atoms with Crippen LogP contribution in [0.3, 0.4) is 0 Å². The molecular weight excluding hydrogens is 430 g/mol. The largest absolute Gasteiger partial charge is 0.348 e. The molecule has 0 spiro atoms. The first-order chi connectivity index (χ1) is 16.5. The highest BCUT2D eigenvalue weighted by atomic mass is 16.6. The summed E-state index contributed by atoms with van der Waals surface area (Å²) >= 11 is 0. The molecule has 0 bridgehead atoms. The number of non-ortho nitro benzene ring substituents is 1. The van der Waals surface area contributed by atoms with Crippen molar-refractivity contribution in [3.8, 4) is 11.3 Å². The summed E-state index contributed by atoms with van der Waals surface area (Å²) in [4.78, 5) is 28.0. The molecule has 0 aliphatic carbocycles. The van der Waals surface area contributed by atoms with Gasteiger partial charge in [-0.3, -0.25) is 14.9 Å². The predicted molar refractivity (Wildman–Crippen MR) is 131 cm³/mol. The summed E-state index contributed by atoms with van der Waals surface area (Å²) in [6.07, 6.45) is 0. The lowest BCUT2D eigenvalue weighted by atomic mass is 10.0. The van der Waals surface area contributed by atoms with Crippen molar-refractivity contribution < 1.29 is 9.72 Å². The molecule has 8 heteroatoms. The Balaban J connectivity index is 1.52. The third kappa shape index (κ3) is 3.94. The minimum Gasteiger partial charge on any atom is -0.348 e. The second-order valence-corrected chi connectivity index (χ2v) is 8.38. The van der Waals surface area contributed by atoms with Crippen molar-refractivity contribution in [1.82, 2.24) is 15.1 Å². The van der Waals surface area contributed by atoms with Crippen LogP contribution in [0.2, 0.25) is 0 Å². The van der Waals surface area contributed by atoms with Gasteiger partial charge in [-0.1, -0.05) is 48.5 Å². The van der Waals surface area contributed by atoms with Gasteiger partial charge in [-0.2, -0.15) is 0 Å². The summed E-state index contributed by atoms with van der Waals surface area (Å²) in [6.45, 7) is 3.63. The second-order valence-electron chi connectivity index (χ2n) is 8.38. The number of nitrogens with zero attached hydrogens (tertiary/aromatic N) is 5. The van der Waals surface area contributed by atoms with E-state index in [4.69, 9.17) is 0 Å². The van der Waals surface area contributed by atoms with Gasteiger partial charge >= 0.3 is 0 Å². The van der Waals surface area contributed by atoms with Gasteiger partial charge in [0.15, 0.2) is 5.82 Å². The van der Waals surface area contributed by atoms with Crippen LogP contribution in [0.25, 0.3) is 22.0 Å². The van der Waals surface area contributed by atoms with Crippen LogP contribution in [-0.4, -0.2) is 51.6 Å². The van der Waals surface area contributed by atoms with E-state index in [0.717, 1.165) is 10.9 Å². The van der Waals surface area contributed by atoms with Gasteiger partial charge in [0.1, 0.15) is 5.69 Å². The van der Waals surface area contributed by atoms with E-state index in [9.17, 15) is 14.9 Å². The minimum absolute atomic E-state index is 0.00175. The standard InChI is InChI=1S/C26H23N5O3/c1-18-17-29(26(32)20-10-6-3-7-11-20)14-15-30(18)25-23-16-21(31(33)34)12-13-22(23)24(27-28-25)19-8-4-2-5-9-19/h2-13,16,18H,14-15,17H2,1H3/t18-/m1/s1. The molecule has 1 saturated heterocycles. The summed E-state index contributed by atoms with van der Waals surface area (Å²) in [5.74, 6) is 0.593. The smallest absolute Gasteiger partial charge is 0.270 e. The third-order valence-corrected chi connectivity index (χ3v) is 6.21. The van der Waals surface area contributed by atoms with E-state index in [1.165, 1.54) is 6.07 Å². The molecule has 5 rings (SSSR count). The van der Waals surface area contributed by atoms with Crippen LogP contribution in [-0.2, 0) is 0 Å². The molecule has 0 unspecified atom stereocenters. The van der Waals surface area contributed by atoms with Gasteiger partial charge in [0.25, 0.3) is 11.6 Å². The maximum atomic E-state index is 12.9. The fourth-order valence-electron chi connectivity index (χ4n) is 4.48. The van der Waals surface area contributed by atoms with Crippen molar-refractivity contribution in [2.75, 3.05) is 24.5 Å². The van der Waals surface area contributed by atoms with Crippen molar-refractivity contribution >= 4 is 28.2 Å². The molecule has 4 aromatic rings. The van der Waals surface area contributed by atoms with Crippen LogP contribution in [0, 0.1) is 10.1 Å². The molecule has 0 radical (unpaired) electrons. The molecule has 1 aromatic heterocycles. The highest BCUT2D eigenvalue weighted by molar-refractivity contribution is 6.01.